The largest absolute Gasteiger partial charge is 0.333 e. The standard InChI is InChI=1S/C20H22ClN5OS/c1-2-9-25(17-7-8-22-11-17)20(27)18-13-28-19(24-18)14-10-23-26(12-14)16-5-3-15(21)4-6-16/h3-6,10,12-13,17,22H,2,7-9,11H2,1H3/t17-/m1/s1. The fourth-order valence-corrected chi connectivity index (χ4v) is 4.31. The van der Waals surface area contributed by atoms with E-state index < -0.39 is 0 Å². The number of aromatic nitrogens is 3. The van der Waals surface area contributed by atoms with Crippen LogP contribution in [0, 0.1) is 0 Å². The molecule has 0 radical (unpaired) electrons. The van der Waals surface area contributed by atoms with Crippen molar-refractivity contribution in [3.05, 3.63) is 52.8 Å². The van der Waals surface area contributed by atoms with Gasteiger partial charge < -0.3 is 10.2 Å². The van der Waals surface area contributed by atoms with Gasteiger partial charge in [-0.3, -0.25) is 4.79 Å². The van der Waals surface area contributed by atoms with E-state index in [-0.39, 0.29) is 11.9 Å². The number of hydrogen-bond acceptors (Lipinski definition) is 5. The minimum Gasteiger partial charge on any atom is -0.333 e. The Bertz CT molecular complexity index is 946. The summed E-state index contributed by atoms with van der Waals surface area (Å²) in [7, 11) is 0. The van der Waals surface area contributed by atoms with Gasteiger partial charge in [0.25, 0.3) is 5.91 Å². The van der Waals surface area contributed by atoms with Crippen LogP contribution in [0.3, 0.4) is 0 Å². The molecule has 1 fully saturated rings. The number of rotatable bonds is 6. The van der Waals surface area contributed by atoms with E-state index in [1.54, 1.807) is 10.9 Å². The van der Waals surface area contributed by atoms with Gasteiger partial charge in [-0.15, -0.1) is 11.3 Å². The van der Waals surface area contributed by atoms with Crippen molar-refractivity contribution in [2.24, 2.45) is 0 Å². The van der Waals surface area contributed by atoms with E-state index in [1.807, 2.05) is 40.7 Å². The number of carbonyl (C=O) groups excluding carboxylic acids is 1. The van der Waals surface area contributed by atoms with Gasteiger partial charge >= 0.3 is 0 Å². The van der Waals surface area contributed by atoms with Crippen molar-refractivity contribution in [3.8, 4) is 16.3 Å². The summed E-state index contributed by atoms with van der Waals surface area (Å²) in [6.07, 6.45) is 5.62. The Kier molecular flexibility index (Phi) is 5.75. The molecule has 8 heteroatoms. The summed E-state index contributed by atoms with van der Waals surface area (Å²) in [6.45, 7) is 4.67. The molecule has 3 aromatic rings. The summed E-state index contributed by atoms with van der Waals surface area (Å²) >= 11 is 7.42. The number of carbonyl (C=O) groups is 1. The predicted octanol–water partition coefficient (Wildman–Crippen LogP) is 3.86. The van der Waals surface area contributed by atoms with Gasteiger partial charge in [0.05, 0.1) is 11.9 Å². The minimum absolute atomic E-state index is 0.0168. The van der Waals surface area contributed by atoms with Gasteiger partial charge in [-0.05, 0) is 43.7 Å². The van der Waals surface area contributed by atoms with Crippen molar-refractivity contribution in [2.75, 3.05) is 19.6 Å². The van der Waals surface area contributed by atoms with Crippen molar-refractivity contribution < 1.29 is 4.79 Å². The second-order valence-corrected chi connectivity index (χ2v) is 8.13. The third kappa shape index (κ3) is 3.97. The zero-order chi connectivity index (χ0) is 19.5. The lowest BCUT2D eigenvalue weighted by atomic mass is 10.2. The molecule has 1 aliphatic rings. The van der Waals surface area contributed by atoms with Gasteiger partial charge in [-0.1, -0.05) is 18.5 Å². The Labute approximate surface area is 173 Å². The van der Waals surface area contributed by atoms with Crippen LogP contribution in [0.2, 0.25) is 5.02 Å². The topological polar surface area (TPSA) is 63.1 Å². The lowest BCUT2D eigenvalue weighted by molar-refractivity contribution is 0.0687. The Hall–Kier alpha value is -2.22. The van der Waals surface area contributed by atoms with Crippen LogP contribution in [-0.4, -0.2) is 51.2 Å². The third-order valence-corrected chi connectivity index (χ3v) is 5.99. The molecule has 3 heterocycles. The molecule has 28 heavy (non-hydrogen) atoms. The number of nitrogens with zero attached hydrogens (tertiary/aromatic N) is 4. The fourth-order valence-electron chi connectivity index (χ4n) is 3.42. The zero-order valence-corrected chi connectivity index (χ0v) is 17.2. The number of hydrogen-bond donors (Lipinski definition) is 1. The molecule has 0 saturated carbocycles. The molecule has 2 aromatic heterocycles. The molecule has 1 amide bonds. The highest BCUT2D eigenvalue weighted by Crippen LogP contribution is 2.26. The molecule has 1 saturated heterocycles. The minimum atomic E-state index is 0.0168. The molecule has 0 bridgehead atoms. The van der Waals surface area contributed by atoms with Crippen molar-refractivity contribution in [1.29, 1.82) is 0 Å². The van der Waals surface area contributed by atoms with E-state index in [0.29, 0.717) is 10.7 Å². The van der Waals surface area contributed by atoms with E-state index in [9.17, 15) is 4.79 Å². The average Bonchev–Trinajstić information content (AvgIpc) is 3.47. The number of benzene rings is 1. The zero-order valence-electron chi connectivity index (χ0n) is 15.6. The molecule has 1 atom stereocenters. The van der Waals surface area contributed by atoms with Gasteiger partial charge in [-0.2, -0.15) is 5.10 Å². The van der Waals surface area contributed by atoms with Gasteiger partial charge in [0.2, 0.25) is 0 Å². The van der Waals surface area contributed by atoms with Crippen LogP contribution < -0.4 is 5.32 Å². The maximum Gasteiger partial charge on any atom is 0.273 e. The Balaban J connectivity index is 1.54. The van der Waals surface area contributed by atoms with E-state index >= 15 is 0 Å². The van der Waals surface area contributed by atoms with E-state index in [0.717, 1.165) is 48.7 Å². The molecule has 0 unspecified atom stereocenters. The van der Waals surface area contributed by atoms with Crippen molar-refractivity contribution in [2.45, 2.75) is 25.8 Å². The van der Waals surface area contributed by atoms with Crippen LogP contribution >= 0.6 is 22.9 Å². The average molecular weight is 416 g/mol. The summed E-state index contributed by atoms with van der Waals surface area (Å²) in [5.74, 6) is 0.0168. The fraction of sp³-hybridized carbons (Fsp3) is 0.350. The summed E-state index contributed by atoms with van der Waals surface area (Å²) in [4.78, 5) is 19.6. The van der Waals surface area contributed by atoms with Crippen LogP contribution in [0.4, 0.5) is 0 Å². The third-order valence-electron chi connectivity index (χ3n) is 4.84. The van der Waals surface area contributed by atoms with E-state index in [2.05, 4.69) is 22.3 Å². The number of nitrogens with one attached hydrogen (secondary N) is 1. The van der Waals surface area contributed by atoms with Crippen molar-refractivity contribution in [3.63, 3.8) is 0 Å². The van der Waals surface area contributed by atoms with Crippen LogP contribution in [0.15, 0.2) is 42.0 Å². The molecule has 1 aliphatic heterocycles. The summed E-state index contributed by atoms with van der Waals surface area (Å²) in [6, 6.07) is 7.74. The smallest absolute Gasteiger partial charge is 0.273 e. The molecule has 146 valence electrons. The molecule has 0 aliphatic carbocycles. The molecule has 4 rings (SSSR count). The molecular weight excluding hydrogens is 394 g/mol. The molecule has 6 nitrogen and oxygen atoms in total. The van der Waals surface area contributed by atoms with Crippen LogP contribution in [0.25, 0.3) is 16.3 Å². The first-order valence-corrected chi connectivity index (χ1v) is 10.7. The number of thiazole rings is 1. The van der Waals surface area contributed by atoms with Crippen LogP contribution in [0.1, 0.15) is 30.3 Å². The van der Waals surface area contributed by atoms with Gasteiger partial charge in [0.15, 0.2) is 0 Å². The predicted molar refractivity (Wildman–Crippen MR) is 112 cm³/mol. The molecular formula is C20H22ClN5OS. The van der Waals surface area contributed by atoms with Crippen molar-refractivity contribution in [1.82, 2.24) is 25.0 Å². The quantitative estimate of drug-likeness (QED) is 0.663. The van der Waals surface area contributed by atoms with Crippen LogP contribution in [0.5, 0.6) is 0 Å². The molecule has 1 aromatic carbocycles. The van der Waals surface area contributed by atoms with Gasteiger partial charge in [0.1, 0.15) is 10.7 Å². The monoisotopic (exact) mass is 415 g/mol. The first kappa shape index (κ1) is 19.1. The first-order chi connectivity index (χ1) is 13.7. The highest BCUT2D eigenvalue weighted by atomic mass is 35.5. The molecule has 1 N–H and O–H groups in total. The number of amides is 1. The molecule has 0 spiro atoms. The summed E-state index contributed by atoms with van der Waals surface area (Å²) < 4.78 is 1.78. The SMILES string of the molecule is CCCN(C(=O)c1csc(-c2cnn(-c3ccc(Cl)cc3)c2)n1)[C@@H]1CCNC1. The maximum absolute atomic E-state index is 13.0. The first-order valence-electron chi connectivity index (χ1n) is 9.44. The highest BCUT2D eigenvalue weighted by Gasteiger charge is 2.28. The summed E-state index contributed by atoms with van der Waals surface area (Å²) in [5.41, 5.74) is 2.33. The van der Waals surface area contributed by atoms with Gasteiger partial charge in [0, 0.05) is 41.3 Å². The summed E-state index contributed by atoms with van der Waals surface area (Å²) in [5, 5.41) is 11.1. The van der Waals surface area contributed by atoms with Crippen LogP contribution in [-0.2, 0) is 0 Å². The Morgan fingerprint density at radius 3 is 2.93 bits per heavy atom. The normalized spacial score (nSPS) is 16.4. The number of halogens is 1. The van der Waals surface area contributed by atoms with E-state index in [4.69, 9.17) is 11.6 Å². The Morgan fingerprint density at radius 2 is 2.21 bits per heavy atom. The highest BCUT2D eigenvalue weighted by molar-refractivity contribution is 7.13. The lowest BCUT2D eigenvalue weighted by Crippen LogP contribution is -2.42. The van der Waals surface area contributed by atoms with Gasteiger partial charge in [-0.25, -0.2) is 9.67 Å². The maximum atomic E-state index is 13.0. The second kappa shape index (κ2) is 8.43. The lowest BCUT2D eigenvalue weighted by Gasteiger charge is -2.27. The van der Waals surface area contributed by atoms with Crippen molar-refractivity contribution >= 4 is 28.8 Å². The Morgan fingerprint density at radius 1 is 1.39 bits per heavy atom. The second-order valence-electron chi connectivity index (χ2n) is 6.83. The van der Waals surface area contributed by atoms with E-state index in [1.165, 1.54) is 11.3 Å².